The number of carbonyl (C=O) groups is 1. The second-order valence-electron chi connectivity index (χ2n) is 5.92. The lowest BCUT2D eigenvalue weighted by molar-refractivity contribution is 0.0526. The van der Waals surface area contributed by atoms with Gasteiger partial charge in [0.1, 0.15) is 5.60 Å². The molecule has 1 amide bonds. The molecule has 4 nitrogen and oxygen atoms in total. The largest absolute Gasteiger partial charge is 0.444 e. The van der Waals surface area contributed by atoms with E-state index in [9.17, 15) is 4.79 Å². The van der Waals surface area contributed by atoms with Crippen molar-refractivity contribution < 1.29 is 9.53 Å². The molecule has 0 saturated heterocycles. The van der Waals surface area contributed by atoms with Crippen molar-refractivity contribution in [2.45, 2.75) is 59.6 Å². The fraction of sp³-hybridized carbons (Fsp3) is 0.923. The minimum atomic E-state index is -0.425. The standard InChI is InChI=1S/C13H28N2O2/c1-10(2)9-15-11(3)7-8-14-12(16)17-13(4,5)6/h10-11,15H,7-9H2,1-6H3,(H,14,16)/t11-/m1/s1. The summed E-state index contributed by atoms with van der Waals surface area (Å²) in [7, 11) is 0. The zero-order valence-corrected chi connectivity index (χ0v) is 12.1. The Balaban J connectivity index is 3.59. The van der Waals surface area contributed by atoms with Crippen LogP contribution in [0.25, 0.3) is 0 Å². The van der Waals surface area contributed by atoms with Gasteiger partial charge in [-0.3, -0.25) is 0 Å². The summed E-state index contributed by atoms with van der Waals surface area (Å²) in [5, 5.41) is 6.17. The maximum absolute atomic E-state index is 11.4. The van der Waals surface area contributed by atoms with Crippen molar-refractivity contribution in [2.75, 3.05) is 13.1 Å². The predicted octanol–water partition coefficient (Wildman–Crippen LogP) is 2.54. The smallest absolute Gasteiger partial charge is 0.407 e. The summed E-state index contributed by atoms with van der Waals surface area (Å²) in [6.07, 6.45) is 0.569. The van der Waals surface area contributed by atoms with Gasteiger partial charge in [-0.15, -0.1) is 0 Å². The third-order valence-electron chi connectivity index (χ3n) is 2.12. The molecule has 0 aromatic carbocycles. The van der Waals surface area contributed by atoms with E-state index in [1.807, 2.05) is 20.8 Å². The van der Waals surface area contributed by atoms with Crippen LogP contribution in [0.15, 0.2) is 0 Å². The van der Waals surface area contributed by atoms with Crippen LogP contribution in [0, 0.1) is 5.92 Å². The number of ether oxygens (including phenoxy) is 1. The first-order valence-electron chi connectivity index (χ1n) is 6.41. The molecule has 0 heterocycles. The Hall–Kier alpha value is -0.770. The van der Waals surface area contributed by atoms with Crippen LogP contribution in [0.2, 0.25) is 0 Å². The van der Waals surface area contributed by atoms with E-state index >= 15 is 0 Å². The molecule has 17 heavy (non-hydrogen) atoms. The molecule has 0 aromatic rings. The first kappa shape index (κ1) is 16.2. The van der Waals surface area contributed by atoms with Crippen LogP contribution in [-0.4, -0.2) is 30.8 Å². The van der Waals surface area contributed by atoms with Crippen molar-refractivity contribution in [3.05, 3.63) is 0 Å². The first-order valence-corrected chi connectivity index (χ1v) is 6.41. The van der Waals surface area contributed by atoms with Crippen LogP contribution in [0.4, 0.5) is 4.79 Å². The van der Waals surface area contributed by atoms with Crippen molar-refractivity contribution in [3.63, 3.8) is 0 Å². The highest BCUT2D eigenvalue weighted by molar-refractivity contribution is 5.67. The third-order valence-corrected chi connectivity index (χ3v) is 2.12. The summed E-state index contributed by atoms with van der Waals surface area (Å²) in [5.41, 5.74) is -0.425. The van der Waals surface area contributed by atoms with Gasteiger partial charge in [0.25, 0.3) is 0 Å². The van der Waals surface area contributed by atoms with Gasteiger partial charge in [-0.05, 0) is 46.6 Å². The fourth-order valence-electron chi connectivity index (χ4n) is 1.24. The predicted molar refractivity (Wildman–Crippen MR) is 71.2 cm³/mol. The van der Waals surface area contributed by atoms with Crippen LogP contribution in [-0.2, 0) is 4.74 Å². The highest BCUT2D eigenvalue weighted by Gasteiger charge is 2.15. The molecule has 0 rings (SSSR count). The number of carbonyl (C=O) groups excluding carboxylic acids is 1. The van der Waals surface area contributed by atoms with E-state index in [2.05, 4.69) is 31.4 Å². The summed E-state index contributed by atoms with van der Waals surface area (Å²) in [4.78, 5) is 11.4. The van der Waals surface area contributed by atoms with Gasteiger partial charge in [0.15, 0.2) is 0 Å². The van der Waals surface area contributed by atoms with Crippen LogP contribution in [0.1, 0.15) is 48.0 Å². The van der Waals surface area contributed by atoms with E-state index in [4.69, 9.17) is 4.74 Å². The Morgan fingerprint density at radius 2 is 1.82 bits per heavy atom. The molecule has 0 aliphatic carbocycles. The van der Waals surface area contributed by atoms with Gasteiger partial charge < -0.3 is 15.4 Å². The van der Waals surface area contributed by atoms with Crippen LogP contribution in [0.5, 0.6) is 0 Å². The third kappa shape index (κ3) is 11.5. The minimum Gasteiger partial charge on any atom is -0.444 e. The molecule has 0 spiro atoms. The Bertz CT molecular complexity index is 222. The fourth-order valence-corrected chi connectivity index (χ4v) is 1.24. The Morgan fingerprint density at radius 1 is 1.24 bits per heavy atom. The molecular formula is C13H28N2O2. The lowest BCUT2D eigenvalue weighted by atomic mass is 10.2. The van der Waals surface area contributed by atoms with Gasteiger partial charge in [0.2, 0.25) is 0 Å². The Kier molecular flexibility index (Phi) is 7.19. The lowest BCUT2D eigenvalue weighted by Crippen LogP contribution is -2.36. The van der Waals surface area contributed by atoms with Crippen LogP contribution in [0.3, 0.4) is 0 Å². The molecule has 4 heteroatoms. The van der Waals surface area contributed by atoms with Crippen LogP contribution < -0.4 is 10.6 Å². The molecule has 0 bridgehead atoms. The molecule has 0 unspecified atom stereocenters. The molecule has 0 saturated carbocycles. The van der Waals surface area contributed by atoms with E-state index in [1.165, 1.54) is 0 Å². The summed E-state index contributed by atoms with van der Waals surface area (Å²) >= 11 is 0. The molecule has 102 valence electrons. The summed E-state index contributed by atoms with van der Waals surface area (Å²) in [5.74, 6) is 0.649. The molecule has 1 atom stereocenters. The molecule has 0 aromatic heterocycles. The second kappa shape index (κ2) is 7.54. The molecule has 0 aliphatic rings. The normalized spacial score (nSPS) is 13.6. The zero-order valence-electron chi connectivity index (χ0n) is 12.1. The van der Waals surface area contributed by atoms with Crippen molar-refractivity contribution in [3.8, 4) is 0 Å². The lowest BCUT2D eigenvalue weighted by Gasteiger charge is -2.20. The SMILES string of the molecule is CC(C)CN[C@H](C)CCNC(=O)OC(C)(C)C. The maximum Gasteiger partial charge on any atom is 0.407 e. The Labute approximate surface area is 105 Å². The zero-order chi connectivity index (χ0) is 13.5. The van der Waals surface area contributed by atoms with Crippen LogP contribution >= 0.6 is 0 Å². The van der Waals surface area contributed by atoms with Crippen molar-refractivity contribution in [1.82, 2.24) is 10.6 Å². The average molecular weight is 244 g/mol. The number of alkyl carbamates (subject to hydrolysis) is 1. The van der Waals surface area contributed by atoms with Crippen molar-refractivity contribution in [1.29, 1.82) is 0 Å². The van der Waals surface area contributed by atoms with Gasteiger partial charge >= 0.3 is 6.09 Å². The number of nitrogens with one attached hydrogen (secondary N) is 2. The number of rotatable bonds is 6. The van der Waals surface area contributed by atoms with E-state index in [0.29, 0.717) is 18.5 Å². The van der Waals surface area contributed by atoms with Gasteiger partial charge in [0, 0.05) is 12.6 Å². The van der Waals surface area contributed by atoms with Gasteiger partial charge in [0.05, 0.1) is 0 Å². The first-order chi connectivity index (χ1) is 7.70. The summed E-state index contributed by atoms with van der Waals surface area (Å²) in [6.45, 7) is 13.7. The second-order valence-corrected chi connectivity index (χ2v) is 5.92. The van der Waals surface area contributed by atoms with Crippen molar-refractivity contribution >= 4 is 6.09 Å². The van der Waals surface area contributed by atoms with E-state index in [0.717, 1.165) is 13.0 Å². The number of amides is 1. The average Bonchev–Trinajstić information content (AvgIpc) is 2.11. The highest BCUT2D eigenvalue weighted by atomic mass is 16.6. The number of hydrogen-bond donors (Lipinski definition) is 2. The van der Waals surface area contributed by atoms with E-state index in [-0.39, 0.29) is 6.09 Å². The maximum atomic E-state index is 11.4. The monoisotopic (exact) mass is 244 g/mol. The van der Waals surface area contributed by atoms with E-state index in [1.54, 1.807) is 0 Å². The molecule has 0 fully saturated rings. The summed E-state index contributed by atoms with van der Waals surface area (Å²) in [6, 6.07) is 0.410. The quantitative estimate of drug-likeness (QED) is 0.755. The van der Waals surface area contributed by atoms with E-state index < -0.39 is 5.60 Å². The van der Waals surface area contributed by atoms with Gasteiger partial charge in [-0.2, -0.15) is 0 Å². The van der Waals surface area contributed by atoms with Gasteiger partial charge in [-0.25, -0.2) is 4.79 Å². The topological polar surface area (TPSA) is 50.4 Å². The molecule has 2 N–H and O–H groups in total. The molecule has 0 aliphatic heterocycles. The molecular weight excluding hydrogens is 216 g/mol. The molecule has 0 radical (unpaired) electrons. The number of hydrogen-bond acceptors (Lipinski definition) is 3. The minimum absolute atomic E-state index is 0.339. The Morgan fingerprint density at radius 3 is 2.29 bits per heavy atom. The summed E-state index contributed by atoms with van der Waals surface area (Å²) < 4.78 is 5.15. The van der Waals surface area contributed by atoms with Crippen molar-refractivity contribution in [2.24, 2.45) is 5.92 Å². The highest BCUT2D eigenvalue weighted by Crippen LogP contribution is 2.06. The van der Waals surface area contributed by atoms with Gasteiger partial charge in [-0.1, -0.05) is 13.8 Å².